The van der Waals surface area contributed by atoms with Gasteiger partial charge in [-0.15, -0.1) is 0 Å². The van der Waals surface area contributed by atoms with E-state index in [1.807, 2.05) is 17.7 Å². The van der Waals surface area contributed by atoms with Crippen LogP contribution >= 0.6 is 0 Å². The highest BCUT2D eigenvalue weighted by Gasteiger charge is 2.14. The first-order valence-corrected chi connectivity index (χ1v) is 4.40. The highest BCUT2D eigenvalue weighted by molar-refractivity contribution is 6.17. The van der Waals surface area contributed by atoms with Crippen LogP contribution in [0.3, 0.4) is 0 Å². The number of aliphatic hydroxyl groups is 1. The number of likely N-dealkylation sites (N-methyl/N-ethyl adjacent to an activating group) is 1. The van der Waals surface area contributed by atoms with Gasteiger partial charge in [0.15, 0.2) is 6.54 Å². The normalized spacial score (nSPS) is 19.4. The summed E-state index contributed by atoms with van der Waals surface area (Å²) in [4.78, 5) is 0. The molecular formula is C10H15N2O2+. The van der Waals surface area contributed by atoms with Gasteiger partial charge in [-0.05, 0) is 6.08 Å². The van der Waals surface area contributed by atoms with Gasteiger partial charge in [0.2, 0.25) is 5.71 Å². The Labute approximate surface area is 83.3 Å². The Balaban J connectivity index is 2.94. The van der Waals surface area contributed by atoms with Gasteiger partial charge in [-0.3, -0.25) is 5.41 Å². The van der Waals surface area contributed by atoms with Crippen LogP contribution < -0.4 is 0 Å². The fraction of sp³-hybridized carbons (Fsp3) is 0.400. The molecule has 0 saturated carbocycles. The highest BCUT2D eigenvalue weighted by Crippen LogP contribution is 2.06. The van der Waals surface area contributed by atoms with Crippen molar-refractivity contribution in [1.29, 1.82) is 5.41 Å². The fourth-order valence-corrected chi connectivity index (χ4v) is 1.20. The van der Waals surface area contributed by atoms with Gasteiger partial charge in [0.05, 0.1) is 18.9 Å². The fourth-order valence-electron chi connectivity index (χ4n) is 1.20. The summed E-state index contributed by atoms with van der Waals surface area (Å²) in [5.74, 6) is 0.548. The third-order valence-electron chi connectivity index (χ3n) is 2.06. The second kappa shape index (κ2) is 4.72. The molecule has 1 rings (SSSR count). The Morgan fingerprint density at radius 1 is 1.50 bits per heavy atom. The lowest BCUT2D eigenvalue weighted by atomic mass is 10.1. The van der Waals surface area contributed by atoms with E-state index in [2.05, 4.69) is 0 Å². The zero-order valence-electron chi connectivity index (χ0n) is 8.45. The molecule has 0 aromatic carbocycles. The van der Waals surface area contributed by atoms with Gasteiger partial charge >= 0.3 is 0 Å². The molecule has 4 nitrogen and oxygen atoms in total. The molecule has 0 aromatic heterocycles. The molecule has 0 heterocycles. The summed E-state index contributed by atoms with van der Waals surface area (Å²) < 4.78 is 6.94. The summed E-state index contributed by atoms with van der Waals surface area (Å²) in [7, 11) is 3.43. The lowest BCUT2D eigenvalue weighted by Crippen LogP contribution is -2.21. The van der Waals surface area contributed by atoms with E-state index < -0.39 is 0 Å². The summed E-state index contributed by atoms with van der Waals surface area (Å²) in [5.41, 5.74) is 1.31. The molecule has 0 amide bonds. The smallest absolute Gasteiger partial charge is 0.203 e. The number of methoxy groups -OCH3 is 1. The molecule has 14 heavy (non-hydrogen) atoms. The van der Waals surface area contributed by atoms with Crippen molar-refractivity contribution in [2.45, 2.75) is 0 Å². The summed E-state index contributed by atoms with van der Waals surface area (Å²) in [6, 6.07) is 0. The Kier molecular flexibility index (Phi) is 3.59. The average molecular weight is 195 g/mol. The number of aliphatic hydroxyl groups excluding tert-OH is 1. The molecule has 0 aromatic rings. The van der Waals surface area contributed by atoms with E-state index >= 15 is 0 Å². The predicted molar refractivity (Wildman–Crippen MR) is 55.1 cm³/mol. The third-order valence-corrected chi connectivity index (χ3v) is 2.06. The van der Waals surface area contributed by atoms with Gasteiger partial charge in [0.25, 0.3) is 0 Å². The van der Waals surface area contributed by atoms with Crippen molar-refractivity contribution >= 4 is 11.4 Å². The van der Waals surface area contributed by atoms with Crippen molar-refractivity contribution in [2.75, 3.05) is 27.3 Å². The molecule has 4 heteroatoms. The van der Waals surface area contributed by atoms with Crippen molar-refractivity contribution < 1.29 is 14.4 Å². The topological polar surface area (TPSA) is 56.3 Å². The largest absolute Gasteiger partial charge is 0.494 e. The number of ether oxygens (including phenoxy) is 1. The van der Waals surface area contributed by atoms with Crippen molar-refractivity contribution in [1.82, 2.24) is 0 Å². The number of hydrogen-bond acceptors (Lipinski definition) is 3. The zero-order chi connectivity index (χ0) is 10.6. The van der Waals surface area contributed by atoms with Crippen LogP contribution in [0.1, 0.15) is 0 Å². The van der Waals surface area contributed by atoms with Crippen LogP contribution in [-0.4, -0.2) is 48.4 Å². The Morgan fingerprint density at radius 3 is 2.79 bits per heavy atom. The van der Waals surface area contributed by atoms with Crippen LogP contribution in [0, 0.1) is 5.41 Å². The minimum Gasteiger partial charge on any atom is -0.494 e. The molecule has 0 saturated heterocycles. The molecule has 0 bridgehead atoms. The van der Waals surface area contributed by atoms with Gasteiger partial charge in [0.1, 0.15) is 19.4 Å². The second-order valence-corrected chi connectivity index (χ2v) is 3.03. The SMILES string of the molecule is COC1=C/C(=[N+](\C)CCO)C=CC1=N. The molecule has 1 aliphatic carbocycles. The highest BCUT2D eigenvalue weighted by atomic mass is 16.5. The first-order chi connectivity index (χ1) is 6.69. The van der Waals surface area contributed by atoms with Crippen molar-refractivity contribution in [3.05, 3.63) is 24.0 Å². The van der Waals surface area contributed by atoms with Crippen LogP contribution in [0.15, 0.2) is 24.0 Å². The van der Waals surface area contributed by atoms with Crippen molar-refractivity contribution in [3.63, 3.8) is 0 Å². The van der Waals surface area contributed by atoms with Gasteiger partial charge in [0, 0.05) is 6.08 Å². The lowest BCUT2D eigenvalue weighted by Gasteiger charge is -2.08. The number of nitrogens with zero attached hydrogens (tertiary/aromatic N) is 1. The predicted octanol–water partition coefficient (Wildman–Crippen LogP) is 0.182. The second-order valence-electron chi connectivity index (χ2n) is 3.03. The van der Waals surface area contributed by atoms with E-state index in [-0.39, 0.29) is 6.61 Å². The van der Waals surface area contributed by atoms with Crippen LogP contribution in [0.25, 0.3) is 0 Å². The molecule has 0 aliphatic heterocycles. The monoisotopic (exact) mass is 195 g/mol. The summed E-state index contributed by atoms with van der Waals surface area (Å²) >= 11 is 0. The van der Waals surface area contributed by atoms with E-state index in [9.17, 15) is 0 Å². The molecular weight excluding hydrogens is 180 g/mol. The standard InChI is InChI=1S/C10H15N2O2/c1-12(5-6-13)8-3-4-9(11)10(7-8)14-2/h3-4,7,11,13H,5-6H2,1-2H3/q+1/b11-9?,12-8+. The molecule has 2 N–H and O–H groups in total. The van der Waals surface area contributed by atoms with Gasteiger partial charge in [-0.25, -0.2) is 4.58 Å². The first-order valence-electron chi connectivity index (χ1n) is 4.40. The molecule has 1 aliphatic rings. The molecule has 0 spiro atoms. The van der Waals surface area contributed by atoms with Crippen molar-refractivity contribution in [3.8, 4) is 0 Å². The minimum absolute atomic E-state index is 0.113. The first kappa shape index (κ1) is 10.7. The average Bonchev–Trinajstić information content (AvgIpc) is 2.19. The van der Waals surface area contributed by atoms with Gasteiger partial charge < -0.3 is 9.84 Å². The molecule has 0 radical (unpaired) electrons. The number of rotatable bonds is 3. The third kappa shape index (κ3) is 2.29. The Hall–Kier alpha value is -1.42. The molecule has 76 valence electrons. The minimum atomic E-state index is 0.113. The van der Waals surface area contributed by atoms with E-state index in [0.29, 0.717) is 18.0 Å². The number of allylic oxidation sites excluding steroid dienone is 3. The Morgan fingerprint density at radius 2 is 2.21 bits per heavy atom. The quantitative estimate of drug-likeness (QED) is 0.498. The molecule has 0 unspecified atom stereocenters. The summed E-state index contributed by atoms with van der Waals surface area (Å²) in [6.45, 7) is 0.682. The van der Waals surface area contributed by atoms with Crippen LogP contribution in [0.2, 0.25) is 0 Å². The summed E-state index contributed by atoms with van der Waals surface area (Å²) in [5, 5.41) is 16.3. The van der Waals surface area contributed by atoms with E-state index in [0.717, 1.165) is 5.71 Å². The Bertz CT molecular complexity index is 327. The molecule has 0 fully saturated rings. The van der Waals surface area contributed by atoms with Crippen LogP contribution in [0.5, 0.6) is 0 Å². The van der Waals surface area contributed by atoms with E-state index in [1.165, 1.54) is 0 Å². The van der Waals surface area contributed by atoms with E-state index in [4.69, 9.17) is 15.3 Å². The number of hydrogen-bond donors (Lipinski definition) is 2. The maximum atomic E-state index is 8.77. The van der Waals surface area contributed by atoms with Crippen LogP contribution in [-0.2, 0) is 4.74 Å². The van der Waals surface area contributed by atoms with Crippen molar-refractivity contribution in [2.24, 2.45) is 0 Å². The maximum absolute atomic E-state index is 8.77. The number of nitrogens with one attached hydrogen (secondary N) is 1. The molecule has 0 atom stereocenters. The zero-order valence-corrected chi connectivity index (χ0v) is 8.45. The van der Waals surface area contributed by atoms with Gasteiger partial charge in [-0.2, -0.15) is 0 Å². The van der Waals surface area contributed by atoms with Gasteiger partial charge in [-0.1, -0.05) is 0 Å². The lowest BCUT2D eigenvalue weighted by molar-refractivity contribution is -0.498. The maximum Gasteiger partial charge on any atom is 0.203 e. The van der Waals surface area contributed by atoms with E-state index in [1.54, 1.807) is 19.3 Å². The van der Waals surface area contributed by atoms with Crippen LogP contribution in [0.4, 0.5) is 0 Å². The summed E-state index contributed by atoms with van der Waals surface area (Å²) in [6.07, 6.45) is 5.31.